The van der Waals surface area contributed by atoms with Gasteiger partial charge in [0.1, 0.15) is 0 Å². The lowest BCUT2D eigenvalue weighted by molar-refractivity contribution is -0.133. The van der Waals surface area contributed by atoms with E-state index in [1.165, 1.54) is 0 Å². The third-order valence-corrected chi connectivity index (χ3v) is 3.20. The topological polar surface area (TPSA) is 116 Å². The van der Waals surface area contributed by atoms with E-state index in [0.717, 1.165) is 11.8 Å². The van der Waals surface area contributed by atoms with Crippen LogP contribution in [0.3, 0.4) is 0 Å². The fraction of sp³-hybridized carbons (Fsp3) is 0.308. The van der Waals surface area contributed by atoms with Crippen molar-refractivity contribution in [3.8, 4) is 0 Å². The lowest BCUT2D eigenvalue weighted by Crippen LogP contribution is -2.26. The SMILES string of the molecule is O=C(O)CSCC(=O)Nc1ccc(C(=O)NCCO)cc1. The molecule has 0 fully saturated rings. The van der Waals surface area contributed by atoms with Gasteiger partial charge in [-0.25, -0.2) is 0 Å². The second-order valence-electron chi connectivity index (χ2n) is 3.99. The first-order valence-corrected chi connectivity index (χ1v) is 7.27. The normalized spacial score (nSPS) is 9.95. The molecular formula is C13H16N2O5S. The lowest BCUT2D eigenvalue weighted by atomic mass is 10.2. The Labute approximate surface area is 125 Å². The van der Waals surface area contributed by atoms with Crippen molar-refractivity contribution in [2.45, 2.75) is 0 Å². The van der Waals surface area contributed by atoms with Crippen LogP contribution in [0.15, 0.2) is 24.3 Å². The van der Waals surface area contributed by atoms with E-state index in [-0.39, 0.29) is 36.5 Å². The minimum Gasteiger partial charge on any atom is -0.481 e. The molecule has 0 heterocycles. The number of nitrogens with one attached hydrogen (secondary N) is 2. The number of aliphatic hydroxyl groups is 1. The van der Waals surface area contributed by atoms with Crippen molar-refractivity contribution in [3.63, 3.8) is 0 Å². The number of hydrogen-bond acceptors (Lipinski definition) is 5. The van der Waals surface area contributed by atoms with Crippen LogP contribution in [0, 0.1) is 0 Å². The van der Waals surface area contributed by atoms with E-state index in [2.05, 4.69) is 10.6 Å². The Hall–Kier alpha value is -2.06. The summed E-state index contributed by atoms with van der Waals surface area (Å²) in [5.41, 5.74) is 0.941. The number of carboxylic acid groups (broad SMARTS) is 1. The fourth-order valence-electron chi connectivity index (χ4n) is 1.40. The van der Waals surface area contributed by atoms with E-state index in [0.29, 0.717) is 11.3 Å². The van der Waals surface area contributed by atoms with E-state index in [1.54, 1.807) is 24.3 Å². The molecule has 114 valence electrons. The Morgan fingerprint density at radius 2 is 1.76 bits per heavy atom. The third-order valence-electron chi connectivity index (χ3n) is 2.29. The number of thioether (sulfide) groups is 1. The van der Waals surface area contributed by atoms with Gasteiger partial charge in [0.15, 0.2) is 0 Å². The number of benzene rings is 1. The summed E-state index contributed by atoms with van der Waals surface area (Å²) in [4.78, 5) is 33.4. The van der Waals surface area contributed by atoms with E-state index >= 15 is 0 Å². The minimum atomic E-state index is -0.967. The molecule has 2 amide bonds. The highest BCUT2D eigenvalue weighted by Crippen LogP contribution is 2.10. The molecule has 0 aliphatic carbocycles. The number of carboxylic acids is 1. The molecule has 0 aromatic heterocycles. The molecule has 7 nitrogen and oxygen atoms in total. The van der Waals surface area contributed by atoms with Crippen LogP contribution in [0.25, 0.3) is 0 Å². The van der Waals surface area contributed by atoms with Gasteiger partial charge in [0, 0.05) is 17.8 Å². The van der Waals surface area contributed by atoms with Crippen LogP contribution in [-0.4, -0.2) is 52.7 Å². The molecule has 0 spiro atoms. The number of carbonyl (C=O) groups excluding carboxylic acids is 2. The first-order valence-electron chi connectivity index (χ1n) is 6.11. The molecule has 0 saturated carbocycles. The molecule has 0 saturated heterocycles. The van der Waals surface area contributed by atoms with Crippen molar-refractivity contribution in [2.24, 2.45) is 0 Å². The van der Waals surface area contributed by atoms with Crippen LogP contribution in [-0.2, 0) is 9.59 Å². The number of hydrogen-bond donors (Lipinski definition) is 4. The van der Waals surface area contributed by atoms with Crippen LogP contribution in [0.1, 0.15) is 10.4 Å². The first-order chi connectivity index (χ1) is 10.0. The average molecular weight is 312 g/mol. The monoisotopic (exact) mass is 312 g/mol. The summed E-state index contributed by atoms with van der Waals surface area (Å²) < 4.78 is 0. The van der Waals surface area contributed by atoms with Crippen molar-refractivity contribution in [3.05, 3.63) is 29.8 Å². The Kier molecular flexibility index (Phi) is 7.27. The van der Waals surface area contributed by atoms with Crippen LogP contribution in [0.5, 0.6) is 0 Å². The second-order valence-corrected chi connectivity index (χ2v) is 4.98. The average Bonchev–Trinajstić information content (AvgIpc) is 2.45. The van der Waals surface area contributed by atoms with Gasteiger partial charge in [-0.1, -0.05) is 0 Å². The molecule has 0 unspecified atom stereocenters. The number of carbonyl (C=O) groups is 3. The van der Waals surface area contributed by atoms with E-state index < -0.39 is 5.97 Å². The van der Waals surface area contributed by atoms with Gasteiger partial charge in [0.05, 0.1) is 18.1 Å². The molecule has 0 atom stereocenters. The molecule has 1 rings (SSSR count). The number of anilines is 1. The maximum absolute atomic E-state index is 11.6. The predicted molar refractivity (Wildman–Crippen MR) is 79.5 cm³/mol. The van der Waals surface area contributed by atoms with Gasteiger partial charge in [-0.2, -0.15) is 0 Å². The van der Waals surface area contributed by atoms with E-state index in [4.69, 9.17) is 10.2 Å². The number of amides is 2. The highest BCUT2D eigenvalue weighted by atomic mass is 32.2. The highest BCUT2D eigenvalue weighted by Gasteiger charge is 2.07. The molecular weight excluding hydrogens is 296 g/mol. The van der Waals surface area contributed by atoms with E-state index in [9.17, 15) is 14.4 Å². The van der Waals surface area contributed by atoms with Gasteiger partial charge < -0.3 is 20.8 Å². The van der Waals surface area contributed by atoms with Crippen LogP contribution in [0.4, 0.5) is 5.69 Å². The summed E-state index contributed by atoms with van der Waals surface area (Å²) in [5, 5.41) is 22.2. The molecule has 8 heteroatoms. The molecule has 0 aliphatic rings. The number of aliphatic hydroxyl groups excluding tert-OH is 1. The smallest absolute Gasteiger partial charge is 0.313 e. The summed E-state index contributed by atoms with van der Waals surface area (Å²) in [6.07, 6.45) is 0. The Balaban J connectivity index is 2.45. The van der Waals surface area contributed by atoms with Crippen molar-refractivity contribution in [1.82, 2.24) is 5.32 Å². The van der Waals surface area contributed by atoms with Gasteiger partial charge in [-0.3, -0.25) is 14.4 Å². The predicted octanol–water partition coefficient (Wildman–Crippen LogP) is 0.165. The molecule has 0 bridgehead atoms. The zero-order chi connectivity index (χ0) is 15.7. The second kappa shape index (κ2) is 8.98. The molecule has 0 radical (unpaired) electrons. The van der Waals surface area contributed by atoms with Crippen LogP contribution < -0.4 is 10.6 Å². The highest BCUT2D eigenvalue weighted by molar-refractivity contribution is 8.00. The summed E-state index contributed by atoms with van der Waals surface area (Å²) in [6.45, 7) is 0.0476. The Morgan fingerprint density at radius 1 is 1.10 bits per heavy atom. The largest absolute Gasteiger partial charge is 0.481 e. The van der Waals surface area contributed by atoms with Gasteiger partial charge in [-0.05, 0) is 24.3 Å². The van der Waals surface area contributed by atoms with Crippen molar-refractivity contribution in [2.75, 3.05) is 30.0 Å². The standard InChI is InChI=1S/C13H16N2O5S/c16-6-5-14-13(20)9-1-3-10(4-2-9)15-11(17)7-21-8-12(18)19/h1-4,16H,5-8H2,(H,14,20)(H,15,17)(H,18,19). The van der Waals surface area contributed by atoms with Crippen molar-refractivity contribution in [1.29, 1.82) is 0 Å². The summed E-state index contributed by atoms with van der Waals surface area (Å²) in [6, 6.07) is 6.25. The quantitative estimate of drug-likeness (QED) is 0.544. The maximum atomic E-state index is 11.6. The Morgan fingerprint density at radius 3 is 2.33 bits per heavy atom. The third kappa shape index (κ3) is 6.77. The molecule has 4 N–H and O–H groups in total. The fourth-order valence-corrected chi connectivity index (χ4v) is 1.94. The molecule has 1 aromatic rings. The first kappa shape index (κ1) is 17.0. The van der Waals surface area contributed by atoms with Gasteiger partial charge in [0.25, 0.3) is 5.91 Å². The Bertz CT molecular complexity index is 504. The number of rotatable bonds is 8. The summed E-state index contributed by atoms with van der Waals surface area (Å²) >= 11 is 1.01. The molecule has 0 aliphatic heterocycles. The van der Waals surface area contributed by atoms with Gasteiger partial charge >= 0.3 is 5.97 Å². The zero-order valence-corrected chi connectivity index (χ0v) is 12.0. The zero-order valence-electron chi connectivity index (χ0n) is 11.2. The lowest BCUT2D eigenvalue weighted by Gasteiger charge is -2.06. The summed E-state index contributed by atoms with van der Waals surface area (Å²) in [5.74, 6) is -1.66. The van der Waals surface area contributed by atoms with Crippen LogP contribution >= 0.6 is 11.8 Å². The molecule has 1 aromatic carbocycles. The van der Waals surface area contributed by atoms with E-state index in [1.807, 2.05) is 0 Å². The minimum absolute atomic E-state index is 0.0467. The van der Waals surface area contributed by atoms with Crippen molar-refractivity contribution >= 4 is 35.2 Å². The summed E-state index contributed by atoms with van der Waals surface area (Å²) in [7, 11) is 0. The van der Waals surface area contributed by atoms with Crippen molar-refractivity contribution < 1.29 is 24.6 Å². The van der Waals surface area contributed by atoms with Gasteiger partial charge in [-0.15, -0.1) is 11.8 Å². The number of aliphatic carboxylic acids is 1. The maximum Gasteiger partial charge on any atom is 0.313 e. The van der Waals surface area contributed by atoms with Gasteiger partial charge in [0.2, 0.25) is 5.91 Å². The van der Waals surface area contributed by atoms with Crippen LogP contribution in [0.2, 0.25) is 0 Å². The molecule has 21 heavy (non-hydrogen) atoms.